The van der Waals surface area contributed by atoms with E-state index in [1.54, 1.807) is 12.1 Å². The van der Waals surface area contributed by atoms with Gasteiger partial charge in [-0.05, 0) is 44.0 Å². The van der Waals surface area contributed by atoms with Crippen molar-refractivity contribution in [1.82, 2.24) is 10.3 Å². The molecule has 4 rings (SSSR count). The summed E-state index contributed by atoms with van der Waals surface area (Å²) in [6.45, 7) is 2.71. The number of rotatable bonds is 2. The number of ether oxygens (including phenoxy) is 1. The standard InChI is InChI=1S/C17H17ClN2O2/c1-9-6-13(12-7-10(18)2-3-14(12)19-9)17(21)20-15-8-16-11(15)4-5-22-16/h2-3,6-7,11,15-16H,4-5,8H2,1H3,(H,20,21)/t11-,15-,16+/m1/s1. The van der Waals surface area contributed by atoms with Crippen LogP contribution in [-0.4, -0.2) is 29.6 Å². The molecule has 0 radical (unpaired) electrons. The molecule has 2 aliphatic rings. The van der Waals surface area contributed by atoms with Gasteiger partial charge in [0.15, 0.2) is 0 Å². The number of amides is 1. The molecule has 0 bridgehead atoms. The van der Waals surface area contributed by atoms with Gasteiger partial charge in [0.1, 0.15) is 0 Å². The molecule has 0 unspecified atom stereocenters. The van der Waals surface area contributed by atoms with Gasteiger partial charge < -0.3 is 10.1 Å². The predicted octanol–water partition coefficient (Wildman–Crippen LogP) is 3.10. The van der Waals surface area contributed by atoms with Gasteiger partial charge in [0.2, 0.25) is 0 Å². The monoisotopic (exact) mass is 316 g/mol. The number of hydrogen-bond donors (Lipinski definition) is 1. The number of carbonyl (C=O) groups excluding carboxylic acids is 1. The molecular formula is C17H17ClN2O2. The summed E-state index contributed by atoms with van der Waals surface area (Å²) in [4.78, 5) is 17.2. The normalized spacial score (nSPS) is 26.5. The second kappa shape index (κ2) is 5.21. The largest absolute Gasteiger partial charge is 0.378 e. The Kier molecular flexibility index (Phi) is 3.31. The van der Waals surface area contributed by atoms with Crippen molar-refractivity contribution in [3.8, 4) is 0 Å². The first-order valence-corrected chi connectivity index (χ1v) is 7.99. The SMILES string of the molecule is Cc1cc(C(=O)N[C@@H]2C[C@@H]3OCC[C@@H]32)c2cc(Cl)ccc2n1. The first kappa shape index (κ1) is 14.0. The molecule has 2 heterocycles. The minimum Gasteiger partial charge on any atom is -0.378 e. The first-order valence-electron chi connectivity index (χ1n) is 7.61. The van der Waals surface area contributed by atoms with Gasteiger partial charge in [-0.3, -0.25) is 9.78 Å². The maximum Gasteiger partial charge on any atom is 0.252 e. The smallest absolute Gasteiger partial charge is 0.252 e. The van der Waals surface area contributed by atoms with E-state index in [-0.39, 0.29) is 11.9 Å². The maximum atomic E-state index is 12.7. The third kappa shape index (κ3) is 2.27. The van der Waals surface area contributed by atoms with Crippen LogP contribution in [0.25, 0.3) is 10.9 Å². The van der Waals surface area contributed by atoms with Gasteiger partial charge in [0.25, 0.3) is 5.91 Å². The fourth-order valence-corrected chi connectivity index (χ4v) is 3.70. The second-order valence-electron chi connectivity index (χ2n) is 6.15. The summed E-state index contributed by atoms with van der Waals surface area (Å²) in [7, 11) is 0. The first-order chi connectivity index (χ1) is 10.6. The van der Waals surface area contributed by atoms with E-state index in [9.17, 15) is 4.79 Å². The highest BCUT2D eigenvalue weighted by Gasteiger charge is 2.45. The molecule has 0 spiro atoms. The minimum absolute atomic E-state index is 0.0480. The Bertz CT molecular complexity index is 762. The van der Waals surface area contributed by atoms with Gasteiger partial charge in [-0.25, -0.2) is 0 Å². The lowest BCUT2D eigenvalue weighted by molar-refractivity contribution is 0.00812. The Morgan fingerprint density at radius 3 is 3.09 bits per heavy atom. The van der Waals surface area contributed by atoms with Crippen molar-refractivity contribution < 1.29 is 9.53 Å². The summed E-state index contributed by atoms with van der Waals surface area (Å²) in [5.74, 6) is 0.426. The summed E-state index contributed by atoms with van der Waals surface area (Å²) >= 11 is 6.08. The lowest BCUT2D eigenvalue weighted by Gasteiger charge is -2.39. The average Bonchev–Trinajstić information content (AvgIpc) is 2.85. The molecular weight excluding hydrogens is 300 g/mol. The van der Waals surface area contributed by atoms with Crippen LogP contribution in [0.2, 0.25) is 5.02 Å². The van der Waals surface area contributed by atoms with E-state index < -0.39 is 0 Å². The van der Waals surface area contributed by atoms with Crippen molar-refractivity contribution in [3.05, 3.63) is 40.5 Å². The van der Waals surface area contributed by atoms with Crippen LogP contribution in [-0.2, 0) is 4.74 Å². The Morgan fingerprint density at radius 2 is 2.27 bits per heavy atom. The lowest BCUT2D eigenvalue weighted by atomic mass is 9.76. The quantitative estimate of drug-likeness (QED) is 0.926. The number of fused-ring (bicyclic) bond motifs is 2. The third-order valence-corrected chi connectivity index (χ3v) is 4.96. The van der Waals surface area contributed by atoms with Crippen LogP contribution in [0.5, 0.6) is 0 Å². The topological polar surface area (TPSA) is 51.2 Å². The van der Waals surface area contributed by atoms with Crippen molar-refractivity contribution in [2.75, 3.05) is 6.61 Å². The number of aryl methyl sites for hydroxylation is 1. The Labute approximate surface area is 133 Å². The van der Waals surface area contributed by atoms with Gasteiger partial charge in [-0.1, -0.05) is 11.6 Å². The van der Waals surface area contributed by atoms with Gasteiger partial charge in [0.05, 0.1) is 17.2 Å². The fraction of sp³-hybridized carbons (Fsp3) is 0.412. The molecule has 1 aromatic heterocycles. The van der Waals surface area contributed by atoms with Crippen molar-refractivity contribution >= 4 is 28.4 Å². The number of halogens is 1. The predicted molar refractivity (Wildman–Crippen MR) is 85.2 cm³/mol. The van der Waals surface area contributed by atoms with Crippen molar-refractivity contribution in [3.63, 3.8) is 0 Å². The number of carbonyl (C=O) groups is 1. The molecule has 114 valence electrons. The minimum atomic E-state index is -0.0480. The number of benzene rings is 1. The molecule has 1 amide bonds. The van der Waals surface area contributed by atoms with Crippen LogP contribution in [0.1, 0.15) is 28.9 Å². The number of nitrogens with one attached hydrogen (secondary N) is 1. The molecule has 22 heavy (non-hydrogen) atoms. The van der Waals surface area contributed by atoms with Crippen molar-refractivity contribution in [2.24, 2.45) is 5.92 Å². The molecule has 1 aliphatic heterocycles. The zero-order chi connectivity index (χ0) is 15.3. The Balaban J connectivity index is 1.65. The fourth-order valence-electron chi connectivity index (χ4n) is 3.53. The van der Waals surface area contributed by atoms with E-state index >= 15 is 0 Å². The van der Waals surface area contributed by atoms with Gasteiger partial charge in [-0.2, -0.15) is 0 Å². The summed E-state index contributed by atoms with van der Waals surface area (Å²) < 4.78 is 5.60. The molecule has 2 aromatic rings. The lowest BCUT2D eigenvalue weighted by Crippen LogP contribution is -2.53. The third-order valence-electron chi connectivity index (χ3n) is 4.72. The molecule has 3 atom stereocenters. The van der Waals surface area contributed by atoms with E-state index in [2.05, 4.69) is 10.3 Å². The molecule has 4 nitrogen and oxygen atoms in total. The van der Waals surface area contributed by atoms with E-state index in [1.807, 2.05) is 19.1 Å². The van der Waals surface area contributed by atoms with Crippen LogP contribution in [0.4, 0.5) is 0 Å². The highest BCUT2D eigenvalue weighted by atomic mass is 35.5. The molecule has 1 aromatic carbocycles. The van der Waals surface area contributed by atoms with Crippen molar-refractivity contribution in [2.45, 2.75) is 31.9 Å². The summed E-state index contributed by atoms with van der Waals surface area (Å²) in [5.41, 5.74) is 2.27. The van der Waals surface area contributed by atoms with Gasteiger partial charge in [-0.15, -0.1) is 0 Å². The number of hydrogen-bond acceptors (Lipinski definition) is 3. The number of aromatic nitrogens is 1. The van der Waals surface area contributed by atoms with E-state index in [1.165, 1.54) is 0 Å². The van der Waals surface area contributed by atoms with Crippen LogP contribution in [0, 0.1) is 12.8 Å². The second-order valence-corrected chi connectivity index (χ2v) is 6.59. The van der Waals surface area contributed by atoms with Crippen LogP contribution in [0.15, 0.2) is 24.3 Å². The summed E-state index contributed by atoms with van der Waals surface area (Å²) in [6, 6.07) is 7.51. The highest BCUT2D eigenvalue weighted by Crippen LogP contribution is 2.38. The molecule has 1 N–H and O–H groups in total. The van der Waals surface area contributed by atoms with E-state index in [4.69, 9.17) is 16.3 Å². The maximum absolute atomic E-state index is 12.7. The van der Waals surface area contributed by atoms with E-state index in [0.717, 1.165) is 36.0 Å². The Morgan fingerprint density at radius 1 is 1.41 bits per heavy atom. The summed E-state index contributed by atoms with van der Waals surface area (Å²) in [6.07, 6.45) is 2.30. The molecule has 2 fully saturated rings. The zero-order valence-electron chi connectivity index (χ0n) is 12.3. The molecule has 1 saturated carbocycles. The van der Waals surface area contributed by atoms with Gasteiger partial charge in [0, 0.05) is 34.7 Å². The molecule has 1 saturated heterocycles. The average molecular weight is 317 g/mol. The van der Waals surface area contributed by atoms with Crippen LogP contribution in [0.3, 0.4) is 0 Å². The highest BCUT2D eigenvalue weighted by molar-refractivity contribution is 6.31. The van der Waals surface area contributed by atoms with Crippen LogP contribution < -0.4 is 5.32 Å². The summed E-state index contributed by atoms with van der Waals surface area (Å²) in [5, 5.41) is 4.56. The number of pyridine rings is 1. The number of nitrogens with zero attached hydrogens (tertiary/aromatic N) is 1. The zero-order valence-corrected chi connectivity index (χ0v) is 13.1. The molecule has 5 heteroatoms. The molecule has 1 aliphatic carbocycles. The Hall–Kier alpha value is -1.65. The van der Waals surface area contributed by atoms with Gasteiger partial charge >= 0.3 is 0 Å². The van der Waals surface area contributed by atoms with E-state index in [0.29, 0.717) is 22.6 Å². The van der Waals surface area contributed by atoms with Crippen molar-refractivity contribution in [1.29, 1.82) is 0 Å². The van der Waals surface area contributed by atoms with Crippen LogP contribution >= 0.6 is 11.6 Å².